The molecule has 0 aromatic heterocycles. The Hall–Kier alpha value is -1.60. The molecular weight excluding hydrogens is 232 g/mol. The minimum atomic E-state index is 0.0919. The van der Waals surface area contributed by atoms with Gasteiger partial charge in [-0.3, -0.25) is 4.79 Å². The predicted molar refractivity (Wildman–Crippen MR) is 70.7 cm³/mol. The van der Waals surface area contributed by atoms with Gasteiger partial charge in [-0.25, -0.2) is 0 Å². The molecule has 2 heteroatoms. The Morgan fingerprint density at radius 3 is 2.29 bits per heavy atom. The Kier molecular flexibility index (Phi) is 3.60. The van der Waals surface area contributed by atoms with Crippen LogP contribution in [0.3, 0.4) is 0 Å². The highest BCUT2D eigenvalue weighted by molar-refractivity contribution is 6.31. The van der Waals surface area contributed by atoms with E-state index >= 15 is 0 Å². The monoisotopic (exact) mass is 244 g/mol. The van der Waals surface area contributed by atoms with Crippen LogP contribution in [-0.4, -0.2) is 5.78 Å². The van der Waals surface area contributed by atoms with Crippen LogP contribution in [0.5, 0.6) is 0 Å². The summed E-state index contributed by atoms with van der Waals surface area (Å²) in [5, 5.41) is 0.781. The molecule has 1 nitrogen and oxygen atoms in total. The highest BCUT2D eigenvalue weighted by atomic mass is 35.5. The van der Waals surface area contributed by atoms with Gasteiger partial charge in [0.1, 0.15) is 0 Å². The van der Waals surface area contributed by atoms with Gasteiger partial charge in [0.05, 0.1) is 0 Å². The summed E-state index contributed by atoms with van der Waals surface area (Å²) < 4.78 is 0. The number of benzene rings is 2. The van der Waals surface area contributed by atoms with Crippen LogP contribution in [0.2, 0.25) is 5.02 Å². The van der Waals surface area contributed by atoms with E-state index in [0.717, 1.165) is 28.1 Å². The van der Waals surface area contributed by atoms with E-state index in [1.165, 1.54) is 0 Å². The van der Waals surface area contributed by atoms with Crippen molar-refractivity contribution in [3.05, 3.63) is 70.2 Å². The number of carbonyl (C=O) groups excluding carboxylic acids is 1. The lowest BCUT2D eigenvalue weighted by Gasteiger charge is -2.04. The van der Waals surface area contributed by atoms with Crippen LogP contribution < -0.4 is 0 Å². The van der Waals surface area contributed by atoms with Gasteiger partial charge in [-0.15, -0.1) is 0 Å². The normalized spacial score (nSPS) is 10.2. The fraction of sp³-hybridized carbons (Fsp3) is 0.133. The largest absolute Gasteiger partial charge is 0.295 e. The van der Waals surface area contributed by atoms with E-state index in [0.29, 0.717) is 0 Å². The zero-order valence-electron chi connectivity index (χ0n) is 9.61. The van der Waals surface area contributed by atoms with Gasteiger partial charge in [0, 0.05) is 10.6 Å². The van der Waals surface area contributed by atoms with Crippen molar-refractivity contribution in [3.63, 3.8) is 0 Å². The lowest BCUT2D eigenvalue weighted by atomic mass is 10.0. The molecule has 0 N–H and O–H groups in total. The third-order valence-electron chi connectivity index (χ3n) is 2.71. The molecule has 86 valence electrons. The van der Waals surface area contributed by atoms with E-state index in [1.807, 2.05) is 48.5 Å². The average molecular weight is 245 g/mol. The van der Waals surface area contributed by atoms with Crippen molar-refractivity contribution < 1.29 is 4.79 Å². The summed E-state index contributed by atoms with van der Waals surface area (Å²) in [7, 11) is 0. The van der Waals surface area contributed by atoms with Gasteiger partial charge < -0.3 is 0 Å². The van der Waals surface area contributed by atoms with Crippen molar-refractivity contribution in [2.45, 2.75) is 13.3 Å². The van der Waals surface area contributed by atoms with Crippen molar-refractivity contribution >= 4 is 17.4 Å². The molecule has 0 heterocycles. The summed E-state index contributed by atoms with van der Waals surface area (Å²) in [5.74, 6) is 0.0919. The third kappa shape index (κ3) is 2.95. The third-order valence-corrected chi connectivity index (χ3v) is 3.08. The Labute approximate surface area is 106 Å². The number of halogens is 1. The minimum absolute atomic E-state index is 0.0919. The number of hydrogen-bond donors (Lipinski definition) is 0. The zero-order valence-corrected chi connectivity index (χ0v) is 10.4. The first-order valence-electron chi connectivity index (χ1n) is 5.50. The maximum Gasteiger partial charge on any atom is 0.159 e. The second-order valence-electron chi connectivity index (χ2n) is 4.02. The summed E-state index contributed by atoms with van der Waals surface area (Å²) in [6, 6.07) is 15.5. The number of carbonyl (C=O) groups is 1. The fourth-order valence-electron chi connectivity index (χ4n) is 1.72. The standard InChI is InChI=1S/C15H13ClO/c1-11(17)13-8-6-12(7-9-13)10-14-4-2-3-5-15(14)16/h2-9H,10H2,1H3. The highest BCUT2D eigenvalue weighted by Gasteiger charge is 2.02. The van der Waals surface area contributed by atoms with Crippen LogP contribution >= 0.6 is 11.6 Å². The van der Waals surface area contributed by atoms with Crippen LogP contribution in [0, 0.1) is 0 Å². The van der Waals surface area contributed by atoms with E-state index in [2.05, 4.69) is 0 Å². The van der Waals surface area contributed by atoms with Crippen molar-refractivity contribution in [1.29, 1.82) is 0 Å². The summed E-state index contributed by atoms with van der Waals surface area (Å²) in [6.07, 6.45) is 0.790. The van der Waals surface area contributed by atoms with Crippen LogP contribution in [0.15, 0.2) is 48.5 Å². The summed E-state index contributed by atoms with van der Waals surface area (Å²) in [6.45, 7) is 1.57. The van der Waals surface area contributed by atoms with E-state index < -0.39 is 0 Å². The van der Waals surface area contributed by atoms with Gasteiger partial charge >= 0.3 is 0 Å². The molecule has 0 aliphatic rings. The Bertz CT molecular complexity index is 529. The molecule has 0 atom stereocenters. The number of rotatable bonds is 3. The molecule has 17 heavy (non-hydrogen) atoms. The van der Waals surface area contributed by atoms with Gasteiger partial charge in [0.15, 0.2) is 5.78 Å². The van der Waals surface area contributed by atoms with Crippen molar-refractivity contribution in [1.82, 2.24) is 0 Å². The number of hydrogen-bond acceptors (Lipinski definition) is 1. The van der Waals surface area contributed by atoms with E-state index in [-0.39, 0.29) is 5.78 Å². The Morgan fingerprint density at radius 2 is 1.71 bits per heavy atom. The first kappa shape index (κ1) is 11.9. The van der Waals surface area contributed by atoms with Gasteiger partial charge in [-0.05, 0) is 30.5 Å². The number of Topliss-reactive ketones (excluding diaryl/α,β-unsaturated/α-hetero) is 1. The summed E-state index contributed by atoms with van der Waals surface area (Å²) >= 11 is 6.10. The fourth-order valence-corrected chi connectivity index (χ4v) is 1.92. The number of ketones is 1. The topological polar surface area (TPSA) is 17.1 Å². The van der Waals surface area contributed by atoms with Crippen LogP contribution in [0.4, 0.5) is 0 Å². The predicted octanol–water partition coefficient (Wildman–Crippen LogP) is 4.13. The molecule has 2 aromatic rings. The molecule has 0 radical (unpaired) electrons. The van der Waals surface area contributed by atoms with E-state index in [9.17, 15) is 4.79 Å². The van der Waals surface area contributed by atoms with Crippen LogP contribution in [0.1, 0.15) is 28.4 Å². The molecule has 0 bridgehead atoms. The smallest absolute Gasteiger partial charge is 0.159 e. The molecule has 0 spiro atoms. The highest BCUT2D eigenvalue weighted by Crippen LogP contribution is 2.19. The van der Waals surface area contributed by atoms with Crippen LogP contribution in [0.25, 0.3) is 0 Å². The maximum absolute atomic E-state index is 11.1. The first-order chi connectivity index (χ1) is 8.16. The van der Waals surface area contributed by atoms with Crippen molar-refractivity contribution in [2.24, 2.45) is 0 Å². The molecule has 0 saturated heterocycles. The lowest BCUT2D eigenvalue weighted by Crippen LogP contribution is -1.93. The molecule has 0 unspecified atom stereocenters. The molecule has 0 saturated carbocycles. The quantitative estimate of drug-likeness (QED) is 0.742. The summed E-state index contributed by atoms with van der Waals surface area (Å²) in [5.41, 5.74) is 3.00. The zero-order chi connectivity index (χ0) is 12.3. The van der Waals surface area contributed by atoms with E-state index in [4.69, 9.17) is 11.6 Å². The molecule has 0 aliphatic heterocycles. The van der Waals surface area contributed by atoms with Gasteiger partial charge in [0.2, 0.25) is 0 Å². The Morgan fingerprint density at radius 1 is 1.06 bits per heavy atom. The van der Waals surface area contributed by atoms with Gasteiger partial charge in [-0.1, -0.05) is 54.1 Å². The molecule has 0 fully saturated rings. The van der Waals surface area contributed by atoms with E-state index in [1.54, 1.807) is 6.92 Å². The van der Waals surface area contributed by atoms with Crippen molar-refractivity contribution in [3.8, 4) is 0 Å². The van der Waals surface area contributed by atoms with Crippen molar-refractivity contribution in [2.75, 3.05) is 0 Å². The second kappa shape index (κ2) is 5.15. The summed E-state index contributed by atoms with van der Waals surface area (Å²) in [4.78, 5) is 11.1. The minimum Gasteiger partial charge on any atom is -0.295 e. The molecule has 2 rings (SSSR count). The second-order valence-corrected chi connectivity index (χ2v) is 4.43. The molecule has 0 amide bonds. The maximum atomic E-state index is 11.1. The average Bonchev–Trinajstić information content (AvgIpc) is 2.33. The SMILES string of the molecule is CC(=O)c1ccc(Cc2ccccc2Cl)cc1. The first-order valence-corrected chi connectivity index (χ1v) is 5.88. The molecule has 0 aliphatic carbocycles. The van der Waals surface area contributed by atoms with Gasteiger partial charge in [-0.2, -0.15) is 0 Å². The van der Waals surface area contributed by atoms with Gasteiger partial charge in [0.25, 0.3) is 0 Å². The molecule has 2 aromatic carbocycles. The molecular formula is C15H13ClO. The lowest BCUT2D eigenvalue weighted by molar-refractivity contribution is 0.101. The Balaban J connectivity index is 2.20. The van der Waals surface area contributed by atoms with Crippen LogP contribution in [-0.2, 0) is 6.42 Å².